The number of hydrogen-bond acceptors (Lipinski definition) is 2. The van der Waals surface area contributed by atoms with Crippen LogP contribution in [-0.4, -0.2) is 16.7 Å². The Morgan fingerprint density at radius 3 is 2.44 bits per heavy atom. The zero-order chi connectivity index (χ0) is 12.3. The lowest BCUT2D eigenvalue weighted by Gasteiger charge is -2.30. The molecule has 1 aromatic rings. The fourth-order valence-corrected chi connectivity index (χ4v) is 1.87. The van der Waals surface area contributed by atoms with Gasteiger partial charge in [0.2, 0.25) is 0 Å². The van der Waals surface area contributed by atoms with E-state index in [-0.39, 0.29) is 12.1 Å². The number of hydrogen-bond donors (Lipinski definition) is 2. The second kappa shape index (κ2) is 5.30. The van der Waals surface area contributed by atoms with Gasteiger partial charge in [0.15, 0.2) is 0 Å². The maximum atomic E-state index is 9.86. The molecule has 2 N–H and O–H groups in total. The van der Waals surface area contributed by atoms with Crippen molar-refractivity contribution in [3.63, 3.8) is 0 Å². The molecule has 1 rings (SSSR count). The van der Waals surface area contributed by atoms with Crippen LogP contribution in [0, 0.1) is 0 Å². The van der Waals surface area contributed by atoms with Crippen molar-refractivity contribution in [2.45, 2.75) is 45.4 Å². The van der Waals surface area contributed by atoms with Gasteiger partial charge in [-0.05, 0) is 45.4 Å². The molecule has 0 saturated heterocycles. The van der Waals surface area contributed by atoms with Gasteiger partial charge in [0, 0.05) is 16.6 Å². The summed E-state index contributed by atoms with van der Waals surface area (Å²) in [6.07, 6.45) is 0. The van der Waals surface area contributed by atoms with Crippen molar-refractivity contribution in [1.29, 1.82) is 0 Å². The maximum absolute atomic E-state index is 9.86. The molecule has 1 aromatic carbocycles. The summed E-state index contributed by atoms with van der Waals surface area (Å²) in [5, 5.41) is 13.3. The van der Waals surface area contributed by atoms with Gasteiger partial charge in [-0.2, -0.15) is 0 Å². The number of aliphatic hydroxyl groups is 1. The lowest BCUT2D eigenvalue weighted by molar-refractivity contribution is 0.0405. The molecule has 0 amide bonds. The molecule has 0 aliphatic carbocycles. The summed E-state index contributed by atoms with van der Waals surface area (Å²) in [5.41, 5.74) is 0.505. The minimum absolute atomic E-state index is 0.0430. The molecule has 90 valence electrons. The van der Waals surface area contributed by atoms with E-state index in [1.165, 1.54) is 5.56 Å². The summed E-state index contributed by atoms with van der Waals surface area (Å²) in [6.45, 7) is 7.73. The van der Waals surface area contributed by atoms with Crippen molar-refractivity contribution in [2.75, 3.05) is 0 Å². The molecule has 0 aliphatic rings. The Morgan fingerprint density at radius 2 is 1.94 bits per heavy atom. The third-order valence-corrected chi connectivity index (χ3v) is 3.40. The van der Waals surface area contributed by atoms with Crippen molar-refractivity contribution in [1.82, 2.24) is 5.32 Å². The first kappa shape index (κ1) is 13.7. The van der Waals surface area contributed by atoms with Gasteiger partial charge in [-0.25, -0.2) is 0 Å². The van der Waals surface area contributed by atoms with Crippen LogP contribution in [0.1, 0.15) is 39.3 Å². The highest BCUT2D eigenvalue weighted by molar-refractivity contribution is 9.10. The summed E-state index contributed by atoms with van der Waals surface area (Å²) in [4.78, 5) is 0. The highest BCUT2D eigenvalue weighted by Crippen LogP contribution is 2.20. The fraction of sp³-hybridized carbons (Fsp3) is 0.538. The Balaban J connectivity index is 2.69. The van der Waals surface area contributed by atoms with Crippen LogP contribution in [0.15, 0.2) is 28.7 Å². The lowest BCUT2D eigenvalue weighted by Crippen LogP contribution is -2.45. The van der Waals surface area contributed by atoms with Crippen molar-refractivity contribution < 1.29 is 5.11 Å². The van der Waals surface area contributed by atoms with Gasteiger partial charge in [-0.1, -0.05) is 28.1 Å². The van der Waals surface area contributed by atoms with Crippen LogP contribution in [-0.2, 0) is 0 Å². The zero-order valence-electron chi connectivity index (χ0n) is 10.3. The summed E-state index contributed by atoms with van der Waals surface area (Å²) >= 11 is 3.46. The first-order valence-corrected chi connectivity index (χ1v) is 6.34. The lowest BCUT2D eigenvalue weighted by atomic mass is 9.98. The Labute approximate surface area is 106 Å². The normalized spacial score (nSPS) is 15.9. The molecule has 2 atom stereocenters. The SMILES string of the molecule is CC(N[C@H](C)c1cccc(Br)c1)C(C)(C)O. The number of benzene rings is 1. The molecule has 0 heterocycles. The van der Waals surface area contributed by atoms with Gasteiger partial charge in [0.1, 0.15) is 0 Å². The van der Waals surface area contributed by atoms with Crippen LogP contribution >= 0.6 is 15.9 Å². The molecule has 0 aromatic heterocycles. The molecule has 0 aliphatic heterocycles. The predicted octanol–water partition coefficient (Wildman–Crippen LogP) is 3.26. The second-order valence-corrected chi connectivity index (χ2v) is 5.73. The average Bonchev–Trinajstić information content (AvgIpc) is 2.16. The van der Waals surface area contributed by atoms with Gasteiger partial charge in [0.05, 0.1) is 5.60 Å². The predicted molar refractivity (Wildman–Crippen MR) is 71.5 cm³/mol. The Kier molecular flexibility index (Phi) is 4.53. The standard InChI is InChI=1S/C13H20BrNO/c1-9(15-10(2)13(3,4)16)11-6-5-7-12(14)8-11/h5-10,15-16H,1-4H3/t9-,10?/m1/s1. The number of rotatable bonds is 4. The Morgan fingerprint density at radius 1 is 1.31 bits per heavy atom. The molecule has 0 radical (unpaired) electrons. The van der Waals surface area contributed by atoms with Crippen molar-refractivity contribution >= 4 is 15.9 Å². The van der Waals surface area contributed by atoms with Crippen LogP contribution in [0.4, 0.5) is 0 Å². The van der Waals surface area contributed by atoms with Crippen LogP contribution in [0.3, 0.4) is 0 Å². The van der Waals surface area contributed by atoms with E-state index in [2.05, 4.69) is 40.3 Å². The summed E-state index contributed by atoms with van der Waals surface area (Å²) < 4.78 is 1.08. The molecule has 16 heavy (non-hydrogen) atoms. The molecule has 0 bridgehead atoms. The second-order valence-electron chi connectivity index (χ2n) is 4.82. The van der Waals surface area contributed by atoms with E-state index in [0.717, 1.165) is 4.47 Å². The number of nitrogens with one attached hydrogen (secondary N) is 1. The van der Waals surface area contributed by atoms with E-state index in [1.54, 1.807) is 0 Å². The van der Waals surface area contributed by atoms with E-state index < -0.39 is 5.60 Å². The Bertz CT molecular complexity index is 346. The smallest absolute Gasteiger partial charge is 0.0741 e. The van der Waals surface area contributed by atoms with Crippen LogP contribution in [0.5, 0.6) is 0 Å². The molecule has 3 heteroatoms. The van der Waals surface area contributed by atoms with Crippen molar-refractivity contribution in [2.24, 2.45) is 0 Å². The summed E-state index contributed by atoms with van der Waals surface area (Å²) in [7, 11) is 0. The molecule has 0 fully saturated rings. The van der Waals surface area contributed by atoms with E-state index in [1.807, 2.05) is 32.9 Å². The molecule has 2 nitrogen and oxygen atoms in total. The van der Waals surface area contributed by atoms with Gasteiger partial charge in [0.25, 0.3) is 0 Å². The van der Waals surface area contributed by atoms with E-state index >= 15 is 0 Å². The van der Waals surface area contributed by atoms with Gasteiger partial charge in [-0.3, -0.25) is 0 Å². The number of halogens is 1. The van der Waals surface area contributed by atoms with Gasteiger partial charge >= 0.3 is 0 Å². The minimum atomic E-state index is -0.708. The average molecular weight is 286 g/mol. The third kappa shape index (κ3) is 3.89. The fourth-order valence-electron chi connectivity index (χ4n) is 1.45. The minimum Gasteiger partial charge on any atom is -0.389 e. The Hall–Kier alpha value is -0.380. The van der Waals surface area contributed by atoms with Gasteiger partial charge < -0.3 is 10.4 Å². The highest BCUT2D eigenvalue weighted by Gasteiger charge is 2.23. The highest BCUT2D eigenvalue weighted by atomic mass is 79.9. The molecular weight excluding hydrogens is 266 g/mol. The maximum Gasteiger partial charge on any atom is 0.0741 e. The summed E-state index contributed by atoms with van der Waals surface area (Å²) in [6, 6.07) is 8.47. The van der Waals surface area contributed by atoms with Gasteiger partial charge in [-0.15, -0.1) is 0 Å². The zero-order valence-corrected chi connectivity index (χ0v) is 11.9. The van der Waals surface area contributed by atoms with Crippen LogP contribution in [0.2, 0.25) is 0 Å². The van der Waals surface area contributed by atoms with Crippen LogP contribution in [0.25, 0.3) is 0 Å². The first-order valence-electron chi connectivity index (χ1n) is 5.54. The van der Waals surface area contributed by atoms with E-state index in [0.29, 0.717) is 0 Å². The largest absolute Gasteiger partial charge is 0.389 e. The molecule has 1 unspecified atom stereocenters. The topological polar surface area (TPSA) is 32.3 Å². The monoisotopic (exact) mass is 285 g/mol. The van der Waals surface area contributed by atoms with E-state index in [9.17, 15) is 5.11 Å². The van der Waals surface area contributed by atoms with Crippen molar-refractivity contribution in [3.8, 4) is 0 Å². The van der Waals surface area contributed by atoms with E-state index in [4.69, 9.17) is 0 Å². The van der Waals surface area contributed by atoms with Crippen LogP contribution < -0.4 is 5.32 Å². The molecule has 0 spiro atoms. The quantitative estimate of drug-likeness (QED) is 0.890. The molecular formula is C13H20BrNO. The first-order chi connectivity index (χ1) is 7.30. The third-order valence-electron chi connectivity index (χ3n) is 2.91. The van der Waals surface area contributed by atoms with Crippen molar-refractivity contribution in [3.05, 3.63) is 34.3 Å². The summed E-state index contributed by atoms with van der Waals surface area (Å²) in [5.74, 6) is 0. The molecule has 0 saturated carbocycles.